The van der Waals surface area contributed by atoms with E-state index < -0.39 is 0 Å². The molecule has 3 nitrogen and oxygen atoms in total. The van der Waals surface area contributed by atoms with E-state index in [1.54, 1.807) is 0 Å². The van der Waals surface area contributed by atoms with E-state index in [9.17, 15) is 4.79 Å². The molecule has 3 heteroatoms. The van der Waals surface area contributed by atoms with E-state index in [-0.39, 0.29) is 0 Å². The highest BCUT2D eigenvalue weighted by Crippen LogP contribution is 2.26. The SMILES string of the molecule is CCN(C(=O)CC1CCCC(N)C1)C(C)C. The van der Waals surface area contributed by atoms with E-state index in [2.05, 4.69) is 13.8 Å². The molecule has 0 spiro atoms. The van der Waals surface area contributed by atoms with Crippen molar-refractivity contribution in [1.29, 1.82) is 0 Å². The summed E-state index contributed by atoms with van der Waals surface area (Å²) in [5.74, 6) is 0.820. The summed E-state index contributed by atoms with van der Waals surface area (Å²) in [6.07, 6.45) is 5.22. The molecule has 0 radical (unpaired) electrons. The third-order valence-corrected chi connectivity index (χ3v) is 3.57. The van der Waals surface area contributed by atoms with Crippen molar-refractivity contribution in [3.8, 4) is 0 Å². The molecular formula is C13H26N2O. The Morgan fingerprint density at radius 3 is 2.62 bits per heavy atom. The van der Waals surface area contributed by atoms with E-state index in [4.69, 9.17) is 5.73 Å². The minimum Gasteiger partial charge on any atom is -0.341 e. The van der Waals surface area contributed by atoms with E-state index in [1.807, 2.05) is 11.8 Å². The predicted octanol–water partition coefficient (Wildman–Crippen LogP) is 2.15. The zero-order chi connectivity index (χ0) is 12.1. The van der Waals surface area contributed by atoms with Crippen LogP contribution in [0.4, 0.5) is 0 Å². The molecule has 1 amide bonds. The highest BCUT2D eigenvalue weighted by Gasteiger charge is 2.24. The molecule has 0 aromatic carbocycles. The minimum atomic E-state index is 0.302. The quantitative estimate of drug-likeness (QED) is 0.798. The average Bonchev–Trinajstić information content (AvgIpc) is 2.17. The van der Waals surface area contributed by atoms with Gasteiger partial charge in [0.05, 0.1) is 0 Å². The van der Waals surface area contributed by atoms with Gasteiger partial charge in [0.2, 0.25) is 5.91 Å². The summed E-state index contributed by atoms with van der Waals surface area (Å²) in [7, 11) is 0. The number of nitrogens with zero attached hydrogens (tertiary/aromatic N) is 1. The summed E-state index contributed by atoms with van der Waals surface area (Å²) in [6.45, 7) is 7.02. The molecule has 0 aromatic heterocycles. The van der Waals surface area contributed by atoms with Crippen molar-refractivity contribution < 1.29 is 4.79 Å². The summed E-state index contributed by atoms with van der Waals surface area (Å²) >= 11 is 0. The summed E-state index contributed by atoms with van der Waals surface area (Å²) in [6, 6.07) is 0.635. The molecule has 1 aliphatic rings. The zero-order valence-corrected chi connectivity index (χ0v) is 10.9. The maximum Gasteiger partial charge on any atom is 0.223 e. The first kappa shape index (κ1) is 13.5. The molecule has 2 atom stereocenters. The van der Waals surface area contributed by atoms with Gasteiger partial charge in [-0.25, -0.2) is 0 Å². The molecule has 16 heavy (non-hydrogen) atoms. The number of carbonyl (C=O) groups is 1. The van der Waals surface area contributed by atoms with Crippen molar-refractivity contribution in [3.63, 3.8) is 0 Å². The first-order chi connectivity index (χ1) is 7.54. The Morgan fingerprint density at radius 1 is 1.44 bits per heavy atom. The topological polar surface area (TPSA) is 46.3 Å². The van der Waals surface area contributed by atoms with E-state index in [0.29, 0.717) is 30.3 Å². The molecule has 2 unspecified atom stereocenters. The van der Waals surface area contributed by atoms with Gasteiger partial charge in [0.15, 0.2) is 0 Å². The number of carbonyl (C=O) groups excluding carboxylic acids is 1. The highest BCUT2D eigenvalue weighted by atomic mass is 16.2. The second kappa shape index (κ2) is 6.24. The first-order valence-corrected chi connectivity index (χ1v) is 6.59. The lowest BCUT2D eigenvalue weighted by Crippen LogP contribution is -2.39. The third kappa shape index (κ3) is 3.78. The smallest absolute Gasteiger partial charge is 0.223 e. The Morgan fingerprint density at radius 2 is 2.12 bits per heavy atom. The van der Waals surface area contributed by atoms with Gasteiger partial charge in [-0.2, -0.15) is 0 Å². The molecule has 1 rings (SSSR count). The van der Waals surface area contributed by atoms with Crippen molar-refractivity contribution in [1.82, 2.24) is 4.90 Å². The first-order valence-electron chi connectivity index (χ1n) is 6.59. The zero-order valence-electron chi connectivity index (χ0n) is 10.9. The Balaban J connectivity index is 2.43. The van der Waals surface area contributed by atoms with Crippen molar-refractivity contribution in [2.45, 2.75) is 65.0 Å². The van der Waals surface area contributed by atoms with E-state index in [0.717, 1.165) is 19.4 Å². The molecule has 1 aliphatic carbocycles. The van der Waals surface area contributed by atoms with Gasteiger partial charge in [0.1, 0.15) is 0 Å². The van der Waals surface area contributed by atoms with Crippen LogP contribution in [0.3, 0.4) is 0 Å². The largest absolute Gasteiger partial charge is 0.341 e. The normalized spacial score (nSPS) is 25.8. The van der Waals surface area contributed by atoms with Crippen LogP contribution in [-0.4, -0.2) is 29.4 Å². The highest BCUT2D eigenvalue weighted by molar-refractivity contribution is 5.76. The lowest BCUT2D eigenvalue weighted by molar-refractivity contribution is -0.133. The molecule has 2 N–H and O–H groups in total. The lowest BCUT2D eigenvalue weighted by Gasteiger charge is -2.30. The van der Waals surface area contributed by atoms with Crippen molar-refractivity contribution in [2.24, 2.45) is 11.7 Å². The lowest BCUT2D eigenvalue weighted by atomic mass is 9.84. The van der Waals surface area contributed by atoms with Crippen molar-refractivity contribution in [3.05, 3.63) is 0 Å². The van der Waals surface area contributed by atoms with E-state index in [1.165, 1.54) is 12.8 Å². The van der Waals surface area contributed by atoms with Gasteiger partial charge in [-0.1, -0.05) is 6.42 Å². The Hall–Kier alpha value is -0.570. The Bertz CT molecular complexity index is 228. The standard InChI is InChI=1S/C13H26N2O/c1-4-15(10(2)3)13(16)9-11-6-5-7-12(14)8-11/h10-12H,4-9,14H2,1-3H3. The van der Waals surface area contributed by atoms with Gasteiger partial charge < -0.3 is 10.6 Å². The number of rotatable bonds is 4. The van der Waals surface area contributed by atoms with Crippen molar-refractivity contribution in [2.75, 3.05) is 6.54 Å². The molecule has 0 heterocycles. The van der Waals surface area contributed by atoms with Gasteiger partial charge in [-0.3, -0.25) is 4.79 Å². The van der Waals surface area contributed by atoms with Gasteiger partial charge in [-0.05, 0) is 46.0 Å². The van der Waals surface area contributed by atoms with Crippen LogP contribution in [0.1, 0.15) is 52.9 Å². The molecule has 1 saturated carbocycles. The number of hydrogen-bond donors (Lipinski definition) is 1. The maximum atomic E-state index is 12.1. The molecule has 0 bridgehead atoms. The van der Waals surface area contributed by atoms with Crippen LogP contribution in [0, 0.1) is 5.92 Å². The van der Waals surface area contributed by atoms with Crippen LogP contribution in [0.25, 0.3) is 0 Å². The van der Waals surface area contributed by atoms with Crippen LogP contribution in [0.15, 0.2) is 0 Å². The van der Waals surface area contributed by atoms with Crippen LogP contribution < -0.4 is 5.73 Å². The summed E-state index contributed by atoms with van der Waals surface area (Å²) in [5.41, 5.74) is 5.94. The fraction of sp³-hybridized carbons (Fsp3) is 0.923. The van der Waals surface area contributed by atoms with Crippen molar-refractivity contribution >= 4 is 5.91 Å². The minimum absolute atomic E-state index is 0.302. The van der Waals surface area contributed by atoms with Crippen LogP contribution in [-0.2, 0) is 4.79 Å². The van der Waals surface area contributed by atoms with Gasteiger partial charge in [0, 0.05) is 25.0 Å². The predicted molar refractivity (Wildman–Crippen MR) is 67.1 cm³/mol. The van der Waals surface area contributed by atoms with Crippen LogP contribution in [0.5, 0.6) is 0 Å². The Labute approximate surface area is 99.4 Å². The third-order valence-electron chi connectivity index (χ3n) is 3.57. The number of amides is 1. The average molecular weight is 226 g/mol. The molecule has 1 fully saturated rings. The maximum absolute atomic E-state index is 12.1. The monoisotopic (exact) mass is 226 g/mol. The van der Waals surface area contributed by atoms with Crippen LogP contribution in [0.2, 0.25) is 0 Å². The summed E-state index contributed by atoms with van der Waals surface area (Å²) < 4.78 is 0. The fourth-order valence-corrected chi connectivity index (χ4v) is 2.71. The molecular weight excluding hydrogens is 200 g/mol. The second-order valence-corrected chi connectivity index (χ2v) is 5.27. The van der Waals surface area contributed by atoms with Crippen LogP contribution >= 0.6 is 0 Å². The molecule has 0 saturated heterocycles. The summed E-state index contributed by atoms with van der Waals surface area (Å²) in [4.78, 5) is 14.0. The molecule has 0 aromatic rings. The van der Waals surface area contributed by atoms with Gasteiger partial charge in [-0.15, -0.1) is 0 Å². The van der Waals surface area contributed by atoms with E-state index >= 15 is 0 Å². The second-order valence-electron chi connectivity index (χ2n) is 5.27. The van der Waals surface area contributed by atoms with Gasteiger partial charge in [0.25, 0.3) is 0 Å². The number of nitrogens with two attached hydrogens (primary N) is 1. The molecule has 94 valence electrons. The fourth-order valence-electron chi connectivity index (χ4n) is 2.71. The molecule has 0 aliphatic heterocycles. The number of hydrogen-bond acceptors (Lipinski definition) is 2. The summed E-state index contributed by atoms with van der Waals surface area (Å²) in [5, 5.41) is 0. The Kier molecular flexibility index (Phi) is 5.26. The van der Waals surface area contributed by atoms with Gasteiger partial charge >= 0.3 is 0 Å².